The summed E-state index contributed by atoms with van der Waals surface area (Å²) < 4.78 is 11.0. The van der Waals surface area contributed by atoms with Crippen molar-refractivity contribution in [3.63, 3.8) is 0 Å². The van der Waals surface area contributed by atoms with Crippen molar-refractivity contribution >= 4 is 18.2 Å². The Morgan fingerprint density at radius 1 is 1.10 bits per heavy atom. The van der Waals surface area contributed by atoms with E-state index in [4.69, 9.17) is 9.26 Å². The fourth-order valence-electron chi connectivity index (χ4n) is 2.31. The van der Waals surface area contributed by atoms with Crippen LogP contribution in [0.25, 0.3) is 0 Å². The minimum absolute atomic E-state index is 0. The Hall–Kier alpha value is -1.68. The van der Waals surface area contributed by atoms with Crippen molar-refractivity contribution < 1.29 is 9.26 Å². The summed E-state index contributed by atoms with van der Waals surface area (Å²) in [4.78, 5) is 2.28. The number of para-hydroxylation sites is 1. The van der Waals surface area contributed by atoms with E-state index in [1.807, 2.05) is 36.4 Å². The summed E-state index contributed by atoms with van der Waals surface area (Å²) in [5.41, 5.74) is 0. The number of nitrogens with zero attached hydrogens (tertiary/aromatic N) is 2. The second kappa shape index (κ2) is 7.20. The molecule has 3 rings (SSSR count). The van der Waals surface area contributed by atoms with Crippen LogP contribution in [0.15, 0.2) is 40.9 Å². The largest absolute Gasteiger partial charge is 0.486 e. The van der Waals surface area contributed by atoms with Gasteiger partial charge >= 0.3 is 0 Å². The van der Waals surface area contributed by atoms with Gasteiger partial charge in [-0.3, -0.25) is 0 Å². The Bertz CT molecular complexity index is 510. The monoisotopic (exact) mass is 294 g/mol. The first-order valence-corrected chi connectivity index (χ1v) is 6.80. The van der Waals surface area contributed by atoms with E-state index in [1.54, 1.807) is 0 Å². The Kier molecular flexibility index (Phi) is 5.30. The molecule has 20 heavy (non-hydrogen) atoms. The summed E-state index contributed by atoms with van der Waals surface area (Å²) in [6, 6.07) is 11.7. The third kappa shape index (κ3) is 3.67. The van der Waals surface area contributed by atoms with E-state index in [0.717, 1.165) is 30.4 Å². The van der Waals surface area contributed by atoms with Gasteiger partial charge in [0.1, 0.15) is 12.4 Å². The Morgan fingerprint density at radius 2 is 1.85 bits per heavy atom. The van der Waals surface area contributed by atoms with E-state index in [1.165, 1.54) is 19.3 Å². The van der Waals surface area contributed by atoms with Gasteiger partial charge in [0.25, 0.3) is 0 Å². The van der Waals surface area contributed by atoms with Crippen LogP contribution < -0.4 is 9.64 Å². The van der Waals surface area contributed by atoms with Gasteiger partial charge in [0, 0.05) is 19.2 Å². The van der Waals surface area contributed by atoms with E-state index in [9.17, 15) is 0 Å². The summed E-state index contributed by atoms with van der Waals surface area (Å²) in [6.07, 6.45) is 3.80. The molecule has 5 heteroatoms. The molecule has 1 aliphatic rings. The van der Waals surface area contributed by atoms with Crippen molar-refractivity contribution in [1.29, 1.82) is 0 Å². The van der Waals surface area contributed by atoms with E-state index in [-0.39, 0.29) is 12.4 Å². The highest BCUT2D eigenvalue weighted by atomic mass is 35.5. The predicted octanol–water partition coefficient (Wildman–Crippen LogP) is 3.67. The lowest BCUT2D eigenvalue weighted by atomic mass is 10.1. The molecule has 0 spiro atoms. The van der Waals surface area contributed by atoms with Gasteiger partial charge in [-0.05, 0) is 31.4 Å². The van der Waals surface area contributed by atoms with Gasteiger partial charge < -0.3 is 14.2 Å². The summed E-state index contributed by atoms with van der Waals surface area (Å²) in [5.74, 6) is 2.55. The van der Waals surface area contributed by atoms with Crippen LogP contribution >= 0.6 is 12.4 Å². The average molecular weight is 295 g/mol. The molecule has 1 aliphatic heterocycles. The normalized spacial score (nSPS) is 14.7. The quantitative estimate of drug-likeness (QED) is 0.862. The van der Waals surface area contributed by atoms with E-state index in [2.05, 4.69) is 10.1 Å². The van der Waals surface area contributed by atoms with Crippen LogP contribution in [0.1, 0.15) is 25.0 Å². The van der Waals surface area contributed by atoms with E-state index in [0.29, 0.717) is 6.61 Å². The van der Waals surface area contributed by atoms with Crippen LogP contribution in [0.3, 0.4) is 0 Å². The molecule has 0 saturated carbocycles. The van der Waals surface area contributed by atoms with E-state index >= 15 is 0 Å². The molecular formula is C15H19ClN2O2. The van der Waals surface area contributed by atoms with Crippen molar-refractivity contribution in [1.82, 2.24) is 5.16 Å². The number of aromatic nitrogens is 1. The van der Waals surface area contributed by atoms with Crippen LogP contribution in [0, 0.1) is 0 Å². The molecule has 0 bridgehead atoms. The van der Waals surface area contributed by atoms with Gasteiger partial charge in [0.2, 0.25) is 0 Å². The molecule has 4 nitrogen and oxygen atoms in total. The van der Waals surface area contributed by atoms with Gasteiger partial charge in [-0.15, -0.1) is 12.4 Å². The molecule has 0 amide bonds. The highest BCUT2D eigenvalue weighted by Gasteiger charge is 2.15. The Morgan fingerprint density at radius 3 is 2.60 bits per heavy atom. The molecule has 1 saturated heterocycles. The summed E-state index contributed by atoms with van der Waals surface area (Å²) in [6.45, 7) is 2.57. The lowest BCUT2D eigenvalue weighted by Gasteiger charge is -2.25. The maximum Gasteiger partial charge on any atom is 0.176 e. The van der Waals surface area contributed by atoms with Crippen LogP contribution in [0.2, 0.25) is 0 Å². The van der Waals surface area contributed by atoms with E-state index < -0.39 is 0 Å². The molecule has 0 N–H and O–H groups in total. The summed E-state index contributed by atoms with van der Waals surface area (Å²) in [5, 5.41) is 4.12. The first-order valence-electron chi connectivity index (χ1n) is 6.80. The predicted molar refractivity (Wildman–Crippen MR) is 80.6 cm³/mol. The number of rotatable bonds is 4. The molecule has 2 aromatic rings. The molecule has 1 fully saturated rings. The number of hydrogen-bond donors (Lipinski definition) is 0. The summed E-state index contributed by atoms with van der Waals surface area (Å²) >= 11 is 0. The standard InChI is InChI=1S/C15H18N2O2.ClH/c1-3-7-13(8-4-1)18-12-14-11-15(16-19-14)17-9-5-2-6-10-17;/h1,3-4,7-8,11H,2,5-6,9-10,12H2;1H. The number of ether oxygens (including phenoxy) is 1. The zero-order valence-electron chi connectivity index (χ0n) is 11.3. The molecular weight excluding hydrogens is 276 g/mol. The number of piperidine rings is 1. The second-order valence-corrected chi connectivity index (χ2v) is 4.80. The molecule has 2 heterocycles. The zero-order chi connectivity index (χ0) is 12.9. The highest BCUT2D eigenvalue weighted by Crippen LogP contribution is 2.20. The number of benzene rings is 1. The van der Waals surface area contributed by atoms with Gasteiger partial charge in [-0.1, -0.05) is 23.4 Å². The highest BCUT2D eigenvalue weighted by molar-refractivity contribution is 5.85. The van der Waals surface area contributed by atoms with Crippen LogP contribution in [-0.2, 0) is 6.61 Å². The number of hydrogen-bond acceptors (Lipinski definition) is 4. The molecule has 1 aromatic carbocycles. The third-order valence-electron chi connectivity index (χ3n) is 3.35. The third-order valence-corrected chi connectivity index (χ3v) is 3.35. The lowest BCUT2D eigenvalue weighted by molar-refractivity contribution is 0.249. The van der Waals surface area contributed by atoms with Gasteiger partial charge in [-0.25, -0.2) is 0 Å². The fraction of sp³-hybridized carbons (Fsp3) is 0.400. The smallest absolute Gasteiger partial charge is 0.176 e. The minimum Gasteiger partial charge on any atom is -0.486 e. The number of anilines is 1. The van der Waals surface area contributed by atoms with Crippen molar-refractivity contribution in [2.75, 3.05) is 18.0 Å². The van der Waals surface area contributed by atoms with Crippen molar-refractivity contribution in [2.45, 2.75) is 25.9 Å². The Labute approximate surface area is 125 Å². The van der Waals surface area contributed by atoms with Gasteiger partial charge in [-0.2, -0.15) is 0 Å². The van der Waals surface area contributed by atoms with Crippen LogP contribution in [0.4, 0.5) is 5.82 Å². The molecule has 0 radical (unpaired) electrons. The van der Waals surface area contributed by atoms with Crippen LogP contribution in [-0.4, -0.2) is 18.2 Å². The topological polar surface area (TPSA) is 38.5 Å². The molecule has 0 atom stereocenters. The maximum absolute atomic E-state index is 5.64. The van der Waals surface area contributed by atoms with Crippen molar-refractivity contribution in [3.05, 3.63) is 42.2 Å². The van der Waals surface area contributed by atoms with Crippen molar-refractivity contribution in [2.24, 2.45) is 0 Å². The SMILES string of the molecule is Cl.c1ccc(OCc2cc(N3CCCCC3)no2)cc1. The summed E-state index contributed by atoms with van der Waals surface area (Å²) in [7, 11) is 0. The molecule has 108 valence electrons. The molecule has 1 aromatic heterocycles. The Balaban J connectivity index is 0.00000147. The average Bonchev–Trinajstić information content (AvgIpc) is 2.96. The van der Waals surface area contributed by atoms with Crippen molar-refractivity contribution in [3.8, 4) is 5.75 Å². The maximum atomic E-state index is 5.64. The molecule has 0 aliphatic carbocycles. The van der Waals surface area contributed by atoms with Crippen LogP contribution in [0.5, 0.6) is 5.75 Å². The minimum atomic E-state index is 0. The zero-order valence-corrected chi connectivity index (χ0v) is 12.1. The second-order valence-electron chi connectivity index (χ2n) is 4.80. The number of halogens is 1. The first kappa shape index (κ1) is 14.7. The van der Waals surface area contributed by atoms with Gasteiger partial charge in [0.15, 0.2) is 11.6 Å². The fourth-order valence-corrected chi connectivity index (χ4v) is 2.31. The van der Waals surface area contributed by atoms with Gasteiger partial charge in [0.05, 0.1) is 0 Å². The lowest BCUT2D eigenvalue weighted by Crippen LogP contribution is -2.29. The molecule has 0 unspecified atom stereocenters. The first-order chi connectivity index (χ1) is 9.42.